The fourth-order valence-corrected chi connectivity index (χ4v) is 3.44. The number of amides is 1. The van der Waals surface area contributed by atoms with Crippen molar-refractivity contribution in [3.05, 3.63) is 30.2 Å². The molecule has 0 saturated heterocycles. The molecule has 0 spiro atoms. The fourth-order valence-electron chi connectivity index (χ4n) is 3.44. The molecule has 0 radical (unpaired) electrons. The Balaban J connectivity index is 1.80. The molecule has 1 aliphatic rings. The lowest BCUT2D eigenvalue weighted by atomic mass is 9.92. The van der Waals surface area contributed by atoms with Crippen LogP contribution in [0.5, 0.6) is 0 Å². The number of aliphatic hydroxyl groups is 1. The van der Waals surface area contributed by atoms with Crippen LogP contribution < -0.4 is 5.73 Å². The van der Waals surface area contributed by atoms with Crippen molar-refractivity contribution in [1.29, 1.82) is 0 Å². The van der Waals surface area contributed by atoms with Crippen LogP contribution in [0.3, 0.4) is 0 Å². The van der Waals surface area contributed by atoms with Gasteiger partial charge >= 0.3 is 0 Å². The lowest BCUT2D eigenvalue weighted by molar-refractivity contribution is -0.117. The first-order chi connectivity index (χ1) is 12.1. The lowest BCUT2D eigenvalue weighted by Gasteiger charge is -2.28. The summed E-state index contributed by atoms with van der Waals surface area (Å²) >= 11 is 0. The molecular weight excluding hydrogens is 320 g/mol. The van der Waals surface area contributed by atoms with Crippen molar-refractivity contribution in [2.45, 2.75) is 44.2 Å². The van der Waals surface area contributed by atoms with Gasteiger partial charge in [-0.2, -0.15) is 5.10 Å². The Labute approximate surface area is 144 Å². The minimum atomic E-state index is -0.485. The maximum atomic E-state index is 11.3. The Bertz CT molecular complexity index is 915. The SMILES string of the molecule is NC(=O)Cc1nc(-c2ccc3cc[nH]c3n2)n([C@@H]2CCCC[C@H]2O)n1. The van der Waals surface area contributed by atoms with Crippen molar-refractivity contribution in [1.82, 2.24) is 24.7 Å². The second-order valence-corrected chi connectivity index (χ2v) is 6.47. The van der Waals surface area contributed by atoms with E-state index in [1.807, 2.05) is 24.4 Å². The minimum Gasteiger partial charge on any atom is -0.391 e. The number of aromatic amines is 1. The Morgan fingerprint density at radius 3 is 2.92 bits per heavy atom. The van der Waals surface area contributed by atoms with E-state index in [1.165, 1.54) is 0 Å². The zero-order chi connectivity index (χ0) is 17.4. The molecule has 0 bridgehead atoms. The summed E-state index contributed by atoms with van der Waals surface area (Å²) in [5.41, 5.74) is 6.70. The Morgan fingerprint density at radius 2 is 2.12 bits per heavy atom. The number of H-pyrrole nitrogens is 1. The number of hydrogen-bond acceptors (Lipinski definition) is 5. The monoisotopic (exact) mass is 340 g/mol. The van der Waals surface area contributed by atoms with Gasteiger partial charge in [0.2, 0.25) is 5.91 Å². The van der Waals surface area contributed by atoms with Gasteiger partial charge in [-0.1, -0.05) is 12.8 Å². The molecule has 8 nitrogen and oxygen atoms in total. The van der Waals surface area contributed by atoms with E-state index in [0.29, 0.717) is 17.3 Å². The van der Waals surface area contributed by atoms with Gasteiger partial charge in [0.15, 0.2) is 11.6 Å². The second-order valence-electron chi connectivity index (χ2n) is 6.47. The normalized spacial score (nSPS) is 20.8. The summed E-state index contributed by atoms with van der Waals surface area (Å²) in [6, 6.07) is 5.61. The first-order valence-electron chi connectivity index (χ1n) is 8.48. The van der Waals surface area contributed by atoms with E-state index in [0.717, 1.165) is 36.7 Å². The standard InChI is InChI=1S/C17H20N6O2/c18-14(25)9-15-21-17(11-6-5-10-7-8-19-16(10)20-11)23(22-15)12-3-1-2-4-13(12)24/h5-8,12-13,24H,1-4,9H2,(H2,18,25)(H,19,20)/t12-,13-/m1/s1. The van der Waals surface area contributed by atoms with Crippen molar-refractivity contribution in [2.24, 2.45) is 5.73 Å². The molecule has 4 rings (SSSR count). The molecule has 1 amide bonds. The van der Waals surface area contributed by atoms with Gasteiger partial charge in [-0.25, -0.2) is 14.6 Å². The Hall–Kier alpha value is -2.74. The van der Waals surface area contributed by atoms with Gasteiger partial charge in [0.25, 0.3) is 0 Å². The molecule has 1 fully saturated rings. The number of aromatic nitrogens is 5. The second kappa shape index (κ2) is 6.29. The third kappa shape index (κ3) is 3.00. The van der Waals surface area contributed by atoms with Crippen molar-refractivity contribution in [3.63, 3.8) is 0 Å². The lowest BCUT2D eigenvalue weighted by Crippen LogP contribution is -2.29. The maximum absolute atomic E-state index is 11.3. The quantitative estimate of drug-likeness (QED) is 0.661. The molecule has 0 aromatic carbocycles. The molecule has 25 heavy (non-hydrogen) atoms. The van der Waals surface area contributed by atoms with Gasteiger partial charge in [0.1, 0.15) is 11.3 Å². The number of hydrogen-bond donors (Lipinski definition) is 3. The van der Waals surface area contributed by atoms with Crippen LogP contribution in [-0.4, -0.2) is 41.9 Å². The molecule has 1 aliphatic carbocycles. The number of nitrogens with one attached hydrogen (secondary N) is 1. The van der Waals surface area contributed by atoms with Gasteiger partial charge in [0.05, 0.1) is 18.6 Å². The summed E-state index contributed by atoms with van der Waals surface area (Å²) < 4.78 is 1.72. The van der Waals surface area contributed by atoms with E-state index in [1.54, 1.807) is 4.68 Å². The molecule has 8 heteroatoms. The van der Waals surface area contributed by atoms with Crippen LogP contribution in [0, 0.1) is 0 Å². The summed E-state index contributed by atoms with van der Waals surface area (Å²) in [6.07, 6.45) is 4.89. The largest absolute Gasteiger partial charge is 0.391 e. The number of fused-ring (bicyclic) bond motifs is 1. The number of pyridine rings is 1. The fraction of sp³-hybridized carbons (Fsp3) is 0.412. The van der Waals surface area contributed by atoms with E-state index >= 15 is 0 Å². The minimum absolute atomic E-state index is 0.0342. The van der Waals surface area contributed by atoms with E-state index in [4.69, 9.17) is 5.73 Å². The highest BCUT2D eigenvalue weighted by molar-refractivity contribution is 5.78. The number of nitrogens with two attached hydrogens (primary N) is 1. The number of aliphatic hydroxyl groups excluding tert-OH is 1. The molecule has 0 unspecified atom stereocenters. The number of carbonyl (C=O) groups excluding carboxylic acids is 1. The molecule has 4 N–H and O–H groups in total. The van der Waals surface area contributed by atoms with Crippen LogP contribution in [-0.2, 0) is 11.2 Å². The van der Waals surface area contributed by atoms with E-state index in [2.05, 4.69) is 20.1 Å². The number of nitrogens with zero attached hydrogens (tertiary/aromatic N) is 4. The number of carbonyl (C=O) groups is 1. The summed E-state index contributed by atoms with van der Waals surface area (Å²) in [7, 11) is 0. The average Bonchev–Trinajstić information content (AvgIpc) is 3.20. The molecule has 0 aliphatic heterocycles. The molecular formula is C17H20N6O2. The van der Waals surface area contributed by atoms with E-state index in [9.17, 15) is 9.90 Å². The Kier molecular flexibility index (Phi) is 3.96. The highest BCUT2D eigenvalue weighted by atomic mass is 16.3. The zero-order valence-electron chi connectivity index (χ0n) is 13.7. The maximum Gasteiger partial charge on any atom is 0.225 e. The van der Waals surface area contributed by atoms with Crippen LogP contribution in [0.2, 0.25) is 0 Å². The van der Waals surface area contributed by atoms with Gasteiger partial charge in [-0.3, -0.25) is 4.79 Å². The third-order valence-corrected chi connectivity index (χ3v) is 4.65. The Morgan fingerprint density at radius 1 is 1.28 bits per heavy atom. The first kappa shape index (κ1) is 15.8. The summed E-state index contributed by atoms with van der Waals surface area (Å²) in [4.78, 5) is 23.4. The van der Waals surface area contributed by atoms with Crippen molar-refractivity contribution in [2.75, 3.05) is 0 Å². The highest BCUT2D eigenvalue weighted by Gasteiger charge is 2.29. The third-order valence-electron chi connectivity index (χ3n) is 4.65. The highest BCUT2D eigenvalue weighted by Crippen LogP contribution is 2.31. The molecule has 1 saturated carbocycles. The van der Waals surface area contributed by atoms with Crippen LogP contribution in [0.15, 0.2) is 24.4 Å². The molecule has 3 heterocycles. The zero-order valence-corrected chi connectivity index (χ0v) is 13.7. The first-order valence-corrected chi connectivity index (χ1v) is 8.48. The van der Waals surface area contributed by atoms with Crippen LogP contribution in [0.4, 0.5) is 0 Å². The average molecular weight is 340 g/mol. The number of primary amides is 1. The van der Waals surface area contributed by atoms with Crippen molar-refractivity contribution in [3.8, 4) is 11.5 Å². The summed E-state index contributed by atoms with van der Waals surface area (Å²) in [5, 5.41) is 15.9. The van der Waals surface area contributed by atoms with Crippen LogP contribution >= 0.6 is 0 Å². The topological polar surface area (TPSA) is 123 Å². The molecule has 3 aromatic rings. The van der Waals surface area contributed by atoms with Crippen LogP contribution in [0.1, 0.15) is 37.5 Å². The molecule has 130 valence electrons. The smallest absolute Gasteiger partial charge is 0.225 e. The molecule has 2 atom stereocenters. The predicted molar refractivity (Wildman–Crippen MR) is 91.5 cm³/mol. The van der Waals surface area contributed by atoms with Gasteiger partial charge in [-0.05, 0) is 31.0 Å². The van der Waals surface area contributed by atoms with Gasteiger partial charge in [0, 0.05) is 11.6 Å². The van der Waals surface area contributed by atoms with Gasteiger partial charge in [-0.15, -0.1) is 0 Å². The summed E-state index contributed by atoms with van der Waals surface area (Å²) in [5.74, 6) is 0.424. The van der Waals surface area contributed by atoms with E-state index in [-0.39, 0.29) is 12.5 Å². The van der Waals surface area contributed by atoms with E-state index < -0.39 is 12.0 Å². The summed E-state index contributed by atoms with van der Waals surface area (Å²) in [6.45, 7) is 0. The van der Waals surface area contributed by atoms with Crippen molar-refractivity contribution < 1.29 is 9.90 Å². The van der Waals surface area contributed by atoms with Gasteiger partial charge < -0.3 is 15.8 Å². The molecule has 3 aromatic heterocycles. The number of rotatable bonds is 4. The van der Waals surface area contributed by atoms with Crippen LogP contribution in [0.25, 0.3) is 22.6 Å². The van der Waals surface area contributed by atoms with Crippen molar-refractivity contribution >= 4 is 16.9 Å². The predicted octanol–water partition coefficient (Wildman–Crippen LogP) is 1.33.